The molecule has 0 spiro atoms. The van der Waals surface area contributed by atoms with E-state index in [1.165, 1.54) is 18.2 Å². The van der Waals surface area contributed by atoms with Crippen LogP contribution in [0.15, 0.2) is 43.0 Å². The molecule has 0 saturated heterocycles. The van der Waals surface area contributed by atoms with E-state index in [2.05, 4.69) is 16.1 Å². The summed E-state index contributed by atoms with van der Waals surface area (Å²) in [6, 6.07) is 6.15. The molecule has 8 nitrogen and oxygen atoms in total. The van der Waals surface area contributed by atoms with Gasteiger partial charge in [0.1, 0.15) is 0 Å². The fourth-order valence-corrected chi connectivity index (χ4v) is 2.46. The van der Waals surface area contributed by atoms with Gasteiger partial charge in [0.2, 0.25) is 0 Å². The molecule has 180 valence electrons. The first kappa shape index (κ1) is 27.3. The average molecular weight is 497 g/mol. The number of ether oxygens (including phenoxy) is 2. The molecule has 0 bridgehead atoms. The Morgan fingerprint density at radius 3 is 2.03 bits per heavy atom. The Labute approximate surface area is 175 Å². The highest BCUT2D eigenvalue weighted by atomic mass is 32.2. The predicted molar refractivity (Wildman–Crippen MR) is 92.2 cm³/mol. The minimum atomic E-state index is -6.67. The van der Waals surface area contributed by atoms with E-state index < -0.39 is 58.2 Å². The van der Waals surface area contributed by atoms with Crippen LogP contribution in [0.3, 0.4) is 0 Å². The molecule has 32 heavy (non-hydrogen) atoms. The average Bonchev–Trinajstić information content (AvgIpc) is 2.65. The molecule has 1 aromatic carbocycles. The van der Waals surface area contributed by atoms with Gasteiger partial charge in [-0.25, -0.2) is 4.79 Å². The summed E-state index contributed by atoms with van der Waals surface area (Å²) in [4.78, 5) is 23.7. The lowest BCUT2D eigenvalue weighted by Gasteiger charge is -2.33. The Kier molecular flexibility index (Phi) is 8.04. The zero-order chi connectivity index (χ0) is 25.0. The molecule has 1 aromatic rings. The Morgan fingerprint density at radius 1 is 1.06 bits per heavy atom. The van der Waals surface area contributed by atoms with E-state index >= 15 is 0 Å². The first-order valence-corrected chi connectivity index (χ1v) is 9.50. The Hall–Kier alpha value is -2.72. The van der Waals surface area contributed by atoms with Crippen LogP contribution in [0.2, 0.25) is 0 Å². The first-order chi connectivity index (χ1) is 14.4. The molecular weight excluding hydrogens is 483 g/mol. The van der Waals surface area contributed by atoms with E-state index in [0.717, 1.165) is 12.1 Å². The summed E-state index contributed by atoms with van der Waals surface area (Å²) in [6.07, 6.45) is -8.21. The number of benzene rings is 1. The molecule has 0 fully saturated rings. The van der Waals surface area contributed by atoms with Crippen LogP contribution in [-0.2, 0) is 29.2 Å². The van der Waals surface area contributed by atoms with Gasteiger partial charge in [0.15, 0.2) is 0 Å². The number of nitrogens with one attached hydrogen (secondary N) is 1. The van der Waals surface area contributed by atoms with Gasteiger partial charge in [-0.1, -0.05) is 24.8 Å². The number of hydrogen-bond acceptors (Lipinski definition) is 6. The van der Waals surface area contributed by atoms with Crippen LogP contribution in [0.5, 0.6) is 0 Å². The van der Waals surface area contributed by atoms with Crippen LogP contribution in [0, 0.1) is 0 Å². The van der Waals surface area contributed by atoms with Gasteiger partial charge in [0, 0.05) is 18.2 Å². The van der Waals surface area contributed by atoms with Gasteiger partial charge < -0.3 is 14.8 Å². The number of amides is 1. The van der Waals surface area contributed by atoms with E-state index in [1.807, 2.05) is 0 Å². The Bertz CT molecular complexity index is 951. The normalized spacial score (nSPS) is 14.9. The first-order valence-electron chi connectivity index (χ1n) is 8.06. The zero-order valence-corrected chi connectivity index (χ0v) is 16.4. The van der Waals surface area contributed by atoms with Gasteiger partial charge >= 0.3 is 45.1 Å². The van der Waals surface area contributed by atoms with Crippen molar-refractivity contribution >= 4 is 27.7 Å². The molecule has 16 heteroatoms. The van der Waals surface area contributed by atoms with Gasteiger partial charge in [0.25, 0.3) is 0 Å². The number of carbonyl (C=O) groups excluding carboxylic acids is 2. The van der Waals surface area contributed by atoms with Crippen molar-refractivity contribution in [3.05, 3.63) is 43.0 Å². The second-order valence-electron chi connectivity index (χ2n) is 5.85. The van der Waals surface area contributed by atoms with Crippen molar-refractivity contribution in [1.82, 2.24) is 0 Å². The maximum atomic E-state index is 13.7. The molecule has 1 unspecified atom stereocenters. The summed E-state index contributed by atoms with van der Waals surface area (Å²) in [5, 5.41) is -4.45. The highest BCUT2D eigenvalue weighted by Crippen LogP contribution is 2.42. The van der Waals surface area contributed by atoms with Crippen molar-refractivity contribution in [3.8, 4) is 0 Å². The quantitative estimate of drug-likeness (QED) is 0.168. The zero-order valence-electron chi connectivity index (χ0n) is 15.5. The number of rotatable bonds is 10. The third kappa shape index (κ3) is 5.74. The van der Waals surface area contributed by atoms with Gasteiger partial charge in [-0.3, -0.25) is 9.35 Å². The van der Waals surface area contributed by atoms with E-state index in [1.54, 1.807) is 5.32 Å². The molecule has 1 atom stereocenters. The van der Waals surface area contributed by atoms with E-state index in [0.29, 0.717) is 0 Å². The Balaban J connectivity index is 3.29. The predicted octanol–water partition coefficient (Wildman–Crippen LogP) is 3.14. The van der Waals surface area contributed by atoms with Crippen molar-refractivity contribution in [2.24, 2.45) is 0 Å². The molecule has 0 heterocycles. The molecule has 0 aliphatic carbocycles. The standard InChI is InChI=1S/C16H14F7NO7S/c1-2-11(25)31-14(15(19,20)21,12(26)24-10-6-4-3-5-7-10)30-9-8-13(17,18)16(22,23)32(27,28)29/h2-7H,1,8-9H2,(H,24,26)(H,27,28,29). The third-order valence-corrected chi connectivity index (χ3v) is 4.53. The van der Waals surface area contributed by atoms with Gasteiger partial charge in [-0.05, 0) is 12.1 Å². The maximum absolute atomic E-state index is 13.7. The smallest absolute Gasteiger partial charge is 0.412 e. The van der Waals surface area contributed by atoms with E-state index in [-0.39, 0.29) is 11.8 Å². The molecule has 2 N–H and O–H groups in total. The maximum Gasteiger partial charge on any atom is 0.466 e. The number of anilines is 1. The molecule has 0 aliphatic rings. The topological polar surface area (TPSA) is 119 Å². The van der Waals surface area contributed by atoms with Crippen molar-refractivity contribution < 1.29 is 62.8 Å². The summed E-state index contributed by atoms with van der Waals surface area (Å²) in [6.45, 7) is 0.727. The summed E-state index contributed by atoms with van der Waals surface area (Å²) in [7, 11) is -6.67. The lowest BCUT2D eigenvalue weighted by molar-refractivity contribution is -0.347. The summed E-state index contributed by atoms with van der Waals surface area (Å²) >= 11 is 0. The van der Waals surface area contributed by atoms with Gasteiger partial charge in [-0.2, -0.15) is 39.2 Å². The van der Waals surface area contributed by atoms with Crippen LogP contribution in [0.25, 0.3) is 0 Å². The van der Waals surface area contributed by atoms with Crippen LogP contribution in [0.4, 0.5) is 36.4 Å². The number of hydrogen-bond donors (Lipinski definition) is 2. The van der Waals surface area contributed by atoms with Gasteiger partial charge in [-0.15, -0.1) is 0 Å². The third-order valence-electron chi connectivity index (χ3n) is 3.59. The van der Waals surface area contributed by atoms with Crippen LogP contribution < -0.4 is 5.32 Å². The number of alkyl halides is 7. The summed E-state index contributed by atoms with van der Waals surface area (Å²) < 4.78 is 132. The van der Waals surface area contributed by atoms with E-state index in [9.17, 15) is 48.7 Å². The van der Waals surface area contributed by atoms with Gasteiger partial charge in [0.05, 0.1) is 6.61 Å². The lowest BCUT2D eigenvalue weighted by atomic mass is 10.2. The monoisotopic (exact) mass is 497 g/mol. The molecule has 0 saturated carbocycles. The summed E-state index contributed by atoms with van der Waals surface area (Å²) in [5.41, 5.74) is -0.285. The number of halogens is 7. The van der Waals surface area contributed by atoms with Crippen LogP contribution in [-0.4, -0.2) is 54.6 Å². The highest BCUT2D eigenvalue weighted by Gasteiger charge is 2.68. The minimum Gasteiger partial charge on any atom is -0.412 e. The van der Waals surface area contributed by atoms with Crippen LogP contribution in [0.1, 0.15) is 6.42 Å². The largest absolute Gasteiger partial charge is 0.466 e. The highest BCUT2D eigenvalue weighted by molar-refractivity contribution is 7.87. The SMILES string of the molecule is C=CC(=O)OC(OCCC(F)(F)C(F)(F)S(=O)(=O)O)(C(=O)Nc1ccccc1)C(F)(F)F. The molecule has 0 aliphatic heterocycles. The molecular formula is C16H14F7NO7S. The second kappa shape index (κ2) is 9.41. The number of para-hydroxylation sites is 1. The van der Waals surface area contributed by atoms with Crippen molar-refractivity contribution in [2.45, 2.75) is 29.6 Å². The number of carbonyl (C=O) groups is 2. The fraction of sp³-hybridized carbons (Fsp3) is 0.375. The van der Waals surface area contributed by atoms with Crippen molar-refractivity contribution in [2.75, 3.05) is 11.9 Å². The molecule has 1 amide bonds. The second-order valence-corrected chi connectivity index (χ2v) is 7.32. The number of esters is 1. The minimum absolute atomic E-state index is 0.167. The van der Waals surface area contributed by atoms with Crippen molar-refractivity contribution in [3.63, 3.8) is 0 Å². The van der Waals surface area contributed by atoms with Crippen molar-refractivity contribution in [1.29, 1.82) is 0 Å². The van der Waals surface area contributed by atoms with Crippen LogP contribution >= 0.6 is 0 Å². The molecule has 0 aromatic heterocycles. The molecule has 0 radical (unpaired) electrons. The van der Waals surface area contributed by atoms with E-state index in [4.69, 9.17) is 4.55 Å². The molecule has 1 rings (SSSR count). The fourth-order valence-electron chi connectivity index (χ4n) is 1.99. The Morgan fingerprint density at radius 2 is 1.59 bits per heavy atom. The summed E-state index contributed by atoms with van der Waals surface area (Å²) in [5.74, 6) is -14.4. The lowest BCUT2D eigenvalue weighted by Crippen LogP contribution is -2.60.